The summed E-state index contributed by atoms with van der Waals surface area (Å²) in [5, 5.41) is 5.00. The Morgan fingerprint density at radius 3 is 2.85 bits per heavy atom. The average Bonchev–Trinajstić information content (AvgIpc) is 3.12. The summed E-state index contributed by atoms with van der Waals surface area (Å²) in [6.45, 7) is 3.31. The highest BCUT2D eigenvalue weighted by Gasteiger charge is 2.24. The van der Waals surface area contributed by atoms with Gasteiger partial charge in [-0.05, 0) is 43.9 Å². The number of aromatic nitrogens is 1. The molecular formula is C17H24N2S. The largest absolute Gasteiger partial charge is 0.314 e. The zero-order valence-corrected chi connectivity index (χ0v) is 13.1. The van der Waals surface area contributed by atoms with E-state index in [1.807, 2.05) is 11.3 Å². The lowest BCUT2D eigenvalue weighted by Gasteiger charge is -2.23. The molecule has 1 heterocycles. The van der Waals surface area contributed by atoms with Gasteiger partial charge in [0.1, 0.15) is 0 Å². The summed E-state index contributed by atoms with van der Waals surface area (Å²) in [5.74, 6) is 0.893. The van der Waals surface area contributed by atoms with Crippen molar-refractivity contribution in [2.75, 3.05) is 6.54 Å². The fourth-order valence-electron chi connectivity index (χ4n) is 3.43. The van der Waals surface area contributed by atoms with Crippen LogP contribution in [0.25, 0.3) is 10.2 Å². The third-order valence-electron chi connectivity index (χ3n) is 4.44. The summed E-state index contributed by atoms with van der Waals surface area (Å²) in [7, 11) is 0. The summed E-state index contributed by atoms with van der Waals surface area (Å²) in [5.41, 5.74) is 1.16. The van der Waals surface area contributed by atoms with E-state index in [0.717, 1.165) is 24.4 Å². The second kappa shape index (κ2) is 6.68. The maximum absolute atomic E-state index is 4.76. The number of benzene rings is 1. The minimum Gasteiger partial charge on any atom is -0.314 e. The predicted octanol–water partition coefficient (Wildman–Crippen LogP) is 4.40. The third-order valence-corrected chi connectivity index (χ3v) is 5.54. The lowest BCUT2D eigenvalue weighted by Crippen LogP contribution is -2.35. The van der Waals surface area contributed by atoms with Crippen molar-refractivity contribution in [2.45, 2.75) is 51.5 Å². The molecule has 2 nitrogen and oxygen atoms in total. The number of fused-ring (bicyclic) bond motifs is 1. The lowest BCUT2D eigenvalue weighted by molar-refractivity contribution is 0.346. The van der Waals surface area contributed by atoms with Gasteiger partial charge in [0, 0.05) is 12.5 Å². The summed E-state index contributed by atoms with van der Waals surface area (Å²) in [6, 6.07) is 9.16. The van der Waals surface area contributed by atoms with Crippen LogP contribution < -0.4 is 5.32 Å². The van der Waals surface area contributed by atoms with E-state index in [9.17, 15) is 0 Å². The molecule has 1 saturated carbocycles. The summed E-state index contributed by atoms with van der Waals surface area (Å²) < 4.78 is 1.32. The van der Waals surface area contributed by atoms with Gasteiger partial charge in [-0.3, -0.25) is 0 Å². The van der Waals surface area contributed by atoms with Crippen molar-refractivity contribution in [2.24, 2.45) is 5.92 Å². The van der Waals surface area contributed by atoms with E-state index in [1.54, 1.807) is 0 Å². The van der Waals surface area contributed by atoms with E-state index >= 15 is 0 Å². The molecule has 0 amide bonds. The van der Waals surface area contributed by atoms with Gasteiger partial charge in [0.2, 0.25) is 0 Å². The lowest BCUT2D eigenvalue weighted by atomic mass is 9.94. The molecule has 3 rings (SSSR count). The number of nitrogens with zero attached hydrogens (tertiary/aromatic N) is 1. The average molecular weight is 288 g/mol. The first-order chi connectivity index (χ1) is 9.86. The summed E-state index contributed by atoms with van der Waals surface area (Å²) in [4.78, 5) is 4.76. The van der Waals surface area contributed by atoms with Gasteiger partial charge in [0.15, 0.2) is 0 Å². The fourth-order valence-corrected chi connectivity index (χ4v) is 4.41. The number of rotatable bonds is 6. The molecule has 1 atom stereocenters. The molecule has 3 heteroatoms. The van der Waals surface area contributed by atoms with E-state index < -0.39 is 0 Å². The van der Waals surface area contributed by atoms with E-state index in [1.165, 1.54) is 41.8 Å². The van der Waals surface area contributed by atoms with Crippen LogP contribution in [-0.4, -0.2) is 17.6 Å². The van der Waals surface area contributed by atoms with E-state index in [4.69, 9.17) is 4.98 Å². The van der Waals surface area contributed by atoms with Crippen molar-refractivity contribution < 1.29 is 0 Å². The van der Waals surface area contributed by atoms with Crippen LogP contribution in [0.2, 0.25) is 0 Å². The van der Waals surface area contributed by atoms with E-state index in [0.29, 0.717) is 6.04 Å². The Hall–Kier alpha value is -0.930. The number of nitrogens with one attached hydrogen (secondary N) is 1. The maximum Gasteiger partial charge on any atom is 0.0939 e. The van der Waals surface area contributed by atoms with Crippen molar-refractivity contribution in [1.82, 2.24) is 10.3 Å². The van der Waals surface area contributed by atoms with Gasteiger partial charge in [-0.1, -0.05) is 31.9 Å². The predicted molar refractivity (Wildman–Crippen MR) is 87.4 cm³/mol. The Morgan fingerprint density at radius 2 is 2.10 bits per heavy atom. The van der Waals surface area contributed by atoms with E-state index in [2.05, 4.69) is 36.5 Å². The number of hydrogen-bond donors (Lipinski definition) is 1. The Balaban J connectivity index is 1.63. The Kier molecular flexibility index (Phi) is 4.69. The molecule has 1 aromatic carbocycles. The van der Waals surface area contributed by atoms with Crippen LogP contribution in [0.4, 0.5) is 0 Å². The Labute approximate surface area is 125 Å². The molecule has 1 fully saturated rings. The molecule has 1 aliphatic carbocycles. The Bertz CT molecular complexity index is 510. The zero-order valence-electron chi connectivity index (χ0n) is 12.3. The minimum atomic E-state index is 0.689. The maximum atomic E-state index is 4.76. The molecule has 1 unspecified atom stereocenters. The normalized spacial score (nSPS) is 17.9. The van der Waals surface area contributed by atoms with Crippen molar-refractivity contribution in [3.8, 4) is 0 Å². The van der Waals surface area contributed by atoms with Crippen molar-refractivity contribution >= 4 is 21.6 Å². The summed E-state index contributed by atoms with van der Waals surface area (Å²) in [6.07, 6.45) is 8.03. The molecule has 108 valence electrons. The van der Waals surface area contributed by atoms with Gasteiger partial charge in [-0.25, -0.2) is 4.98 Å². The van der Waals surface area contributed by atoms with Gasteiger partial charge < -0.3 is 5.32 Å². The molecule has 0 aliphatic heterocycles. The second-order valence-electron chi connectivity index (χ2n) is 5.82. The van der Waals surface area contributed by atoms with Crippen LogP contribution in [0.15, 0.2) is 24.3 Å². The number of aryl methyl sites for hydroxylation is 1. The van der Waals surface area contributed by atoms with Crippen LogP contribution in [0.3, 0.4) is 0 Å². The molecular weight excluding hydrogens is 264 g/mol. The molecule has 20 heavy (non-hydrogen) atoms. The first-order valence-electron chi connectivity index (χ1n) is 7.94. The molecule has 2 aromatic rings. The highest BCUT2D eigenvalue weighted by atomic mass is 32.1. The fraction of sp³-hybridized carbons (Fsp3) is 0.588. The van der Waals surface area contributed by atoms with Crippen LogP contribution in [0.5, 0.6) is 0 Å². The second-order valence-corrected chi connectivity index (χ2v) is 6.94. The topological polar surface area (TPSA) is 24.9 Å². The Morgan fingerprint density at radius 1 is 1.30 bits per heavy atom. The molecule has 1 aliphatic rings. The third kappa shape index (κ3) is 3.21. The number of thiazole rings is 1. The first-order valence-corrected chi connectivity index (χ1v) is 8.76. The minimum absolute atomic E-state index is 0.689. The highest BCUT2D eigenvalue weighted by molar-refractivity contribution is 7.18. The van der Waals surface area contributed by atoms with Gasteiger partial charge in [-0.2, -0.15) is 0 Å². The number of para-hydroxylation sites is 1. The van der Waals surface area contributed by atoms with Crippen LogP contribution in [0, 0.1) is 5.92 Å². The SMILES string of the molecule is CCNC(CCc1nc2ccccc2s1)C1CCCC1. The standard InChI is InChI=1S/C17H24N2S/c1-2-18-14(13-7-3-4-8-13)11-12-17-19-15-9-5-6-10-16(15)20-17/h5-6,9-10,13-14,18H,2-4,7-8,11-12H2,1H3. The zero-order chi connectivity index (χ0) is 13.8. The highest BCUT2D eigenvalue weighted by Crippen LogP contribution is 2.30. The molecule has 0 radical (unpaired) electrons. The first kappa shape index (κ1) is 14.0. The van der Waals surface area contributed by atoms with Crippen molar-refractivity contribution in [3.05, 3.63) is 29.3 Å². The van der Waals surface area contributed by atoms with Crippen LogP contribution in [-0.2, 0) is 6.42 Å². The smallest absolute Gasteiger partial charge is 0.0939 e. The number of hydrogen-bond acceptors (Lipinski definition) is 3. The molecule has 1 N–H and O–H groups in total. The van der Waals surface area contributed by atoms with Gasteiger partial charge in [-0.15, -0.1) is 11.3 Å². The quantitative estimate of drug-likeness (QED) is 0.852. The van der Waals surface area contributed by atoms with Crippen molar-refractivity contribution in [1.29, 1.82) is 0 Å². The van der Waals surface area contributed by atoms with Gasteiger partial charge in [0.05, 0.1) is 15.2 Å². The van der Waals surface area contributed by atoms with Gasteiger partial charge in [0.25, 0.3) is 0 Å². The monoisotopic (exact) mass is 288 g/mol. The molecule has 0 saturated heterocycles. The van der Waals surface area contributed by atoms with Crippen LogP contribution >= 0.6 is 11.3 Å². The molecule has 0 bridgehead atoms. The molecule has 0 spiro atoms. The van der Waals surface area contributed by atoms with Crippen molar-refractivity contribution in [3.63, 3.8) is 0 Å². The molecule has 1 aromatic heterocycles. The van der Waals surface area contributed by atoms with Crippen LogP contribution in [0.1, 0.15) is 44.0 Å². The van der Waals surface area contributed by atoms with E-state index in [-0.39, 0.29) is 0 Å². The summed E-state index contributed by atoms with van der Waals surface area (Å²) >= 11 is 1.86. The van der Waals surface area contributed by atoms with Gasteiger partial charge >= 0.3 is 0 Å².